The molecule has 1 heterocycles. The van der Waals surface area contributed by atoms with Crippen molar-refractivity contribution in [2.75, 3.05) is 37.8 Å². The molecule has 1 saturated heterocycles. The molecule has 7 nitrogen and oxygen atoms in total. The Labute approximate surface area is 204 Å². The molecule has 0 unspecified atom stereocenters. The van der Waals surface area contributed by atoms with Crippen LogP contribution in [0.3, 0.4) is 0 Å². The van der Waals surface area contributed by atoms with Gasteiger partial charge in [0.2, 0.25) is 0 Å². The zero-order chi connectivity index (χ0) is 25.6. The van der Waals surface area contributed by atoms with Gasteiger partial charge in [-0.15, -0.1) is 13.2 Å². The lowest BCUT2D eigenvalue weighted by Gasteiger charge is -2.36. The van der Waals surface area contributed by atoms with Gasteiger partial charge in [-0.25, -0.2) is 4.39 Å². The number of rotatable bonds is 9. The third-order valence-electron chi connectivity index (χ3n) is 5.57. The van der Waals surface area contributed by atoms with Crippen LogP contribution >= 0.6 is 11.6 Å². The maximum absolute atomic E-state index is 14.6. The fraction of sp³-hybridized carbons (Fsp3) is 0.391. The normalized spacial score (nSPS) is 14.5. The van der Waals surface area contributed by atoms with E-state index in [0.29, 0.717) is 44.8 Å². The van der Waals surface area contributed by atoms with Gasteiger partial charge in [-0.3, -0.25) is 14.5 Å². The SMILES string of the molecule is CCc1cc(C(=O)NCOC=O)c(F)cc1CN1CCN(c2ccc(OC(F)(F)F)c(Cl)c2)CC1. The molecule has 1 fully saturated rings. The number of hydrogen-bond acceptors (Lipinski definition) is 6. The summed E-state index contributed by atoms with van der Waals surface area (Å²) in [7, 11) is 0. The van der Waals surface area contributed by atoms with E-state index in [-0.39, 0.29) is 23.8 Å². The number of anilines is 1. The number of halogens is 5. The summed E-state index contributed by atoms with van der Waals surface area (Å²) in [5.41, 5.74) is 2.14. The van der Waals surface area contributed by atoms with E-state index in [4.69, 9.17) is 11.6 Å². The Kier molecular flexibility index (Phi) is 8.79. The second kappa shape index (κ2) is 11.6. The van der Waals surface area contributed by atoms with Crippen molar-refractivity contribution in [2.45, 2.75) is 26.3 Å². The quantitative estimate of drug-likeness (QED) is 0.233. The molecule has 0 aliphatic carbocycles. The lowest BCUT2D eigenvalue weighted by atomic mass is 10.00. The molecule has 190 valence electrons. The number of aryl methyl sites for hydroxylation is 1. The summed E-state index contributed by atoms with van der Waals surface area (Å²) < 4.78 is 60.3. The Morgan fingerprint density at radius 3 is 2.46 bits per heavy atom. The van der Waals surface area contributed by atoms with Crippen LogP contribution in [0.25, 0.3) is 0 Å². The van der Waals surface area contributed by atoms with Crippen LogP contribution in [-0.4, -0.2) is 56.6 Å². The molecule has 0 radical (unpaired) electrons. The van der Waals surface area contributed by atoms with Crippen molar-refractivity contribution in [3.05, 3.63) is 57.9 Å². The third-order valence-corrected chi connectivity index (χ3v) is 5.87. The number of amides is 1. The van der Waals surface area contributed by atoms with Crippen LogP contribution in [-0.2, 0) is 22.5 Å². The predicted molar refractivity (Wildman–Crippen MR) is 121 cm³/mol. The summed E-state index contributed by atoms with van der Waals surface area (Å²) in [6, 6.07) is 7.00. The van der Waals surface area contributed by atoms with Crippen molar-refractivity contribution in [2.24, 2.45) is 0 Å². The van der Waals surface area contributed by atoms with Gasteiger partial charge in [0.15, 0.2) is 6.73 Å². The van der Waals surface area contributed by atoms with E-state index < -0.39 is 23.8 Å². The largest absolute Gasteiger partial charge is 0.573 e. The highest BCUT2D eigenvalue weighted by molar-refractivity contribution is 6.32. The van der Waals surface area contributed by atoms with Gasteiger partial charge in [-0.2, -0.15) is 0 Å². The molecule has 0 aromatic heterocycles. The Morgan fingerprint density at radius 1 is 1.14 bits per heavy atom. The molecule has 0 atom stereocenters. The average molecular weight is 518 g/mol. The summed E-state index contributed by atoms with van der Waals surface area (Å²) in [5, 5.41) is 2.18. The van der Waals surface area contributed by atoms with E-state index in [1.165, 1.54) is 30.3 Å². The van der Waals surface area contributed by atoms with E-state index in [1.54, 1.807) is 0 Å². The van der Waals surface area contributed by atoms with Crippen LogP contribution in [0.2, 0.25) is 5.02 Å². The van der Waals surface area contributed by atoms with Crippen molar-refractivity contribution in [1.29, 1.82) is 0 Å². The lowest BCUT2D eigenvalue weighted by Crippen LogP contribution is -2.46. The molecule has 1 aliphatic rings. The molecule has 1 aliphatic heterocycles. The van der Waals surface area contributed by atoms with Crippen LogP contribution in [0.1, 0.15) is 28.4 Å². The van der Waals surface area contributed by atoms with Gasteiger partial charge in [-0.1, -0.05) is 18.5 Å². The average Bonchev–Trinajstić information content (AvgIpc) is 2.80. The van der Waals surface area contributed by atoms with Crippen LogP contribution in [0, 0.1) is 5.82 Å². The van der Waals surface area contributed by atoms with Crippen LogP contribution in [0.4, 0.5) is 23.2 Å². The Hall–Kier alpha value is -3.05. The van der Waals surface area contributed by atoms with Gasteiger partial charge in [0.1, 0.15) is 11.6 Å². The monoisotopic (exact) mass is 517 g/mol. The molecule has 2 aromatic rings. The summed E-state index contributed by atoms with van der Waals surface area (Å²) in [4.78, 5) is 26.5. The number of carbonyl (C=O) groups excluding carboxylic acids is 2. The van der Waals surface area contributed by atoms with E-state index in [1.807, 2.05) is 11.8 Å². The maximum Gasteiger partial charge on any atom is 0.573 e. The molecule has 35 heavy (non-hydrogen) atoms. The Balaban J connectivity index is 1.62. The molecular formula is C23H24ClF4N3O4. The van der Waals surface area contributed by atoms with E-state index in [0.717, 1.165) is 11.1 Å². The zero-order valence-electron chi connectivity index (χ0n) is 18.8. The number of benzene rings is 2. The number of ether oxygens (including phenoxy) is 2. The number of piperazine rings is 1. The molecule has 0 spiro atoms. The van der Waals surface area contributed by atoms with E-state index in [9.17, 15) is 27.2 Å². The van der Waals surface area contributed by atoms with Crippen molar-refractivity contribution < 1.29 is 36.6 Å². The topological polar surface area (TPSA) is 71.1 Å². The van der Waals surface area contributed by atoms with Crippen molar-refractivity contribution in [1.82, 2.24) is 10.2 Å². The molecular weight excluding hydrogens is 494 g/mol. The second-order valence-corrected chi connectivity index (χ2v) is 8.20. The maximum atomic E-state index is 14.6. The number of carbonyl (C=O) groups is 2. The molecule has 0 bridgehead atoms. The molecule has 2 aromatic carbocycles. The fourth-order valence-corrected chi connectivity index (χ4v) is 4.06. The van der Waals surface area contributed by atoms with Gasteiger partial charge < -0.3 is 19.7 Å². The predicted octanol–water partition coefficient (Wildman–Crippen LogP) is 4.12. The number of alkyl halides is 3. The first-order chi connectivity index (χ1) is 16.6. The van der Waals surface area contributed by atoms with E-state index >= 15 is 0 Å². The molecule has 1 amide bonds. The molecule has 0 saturated carbocycles. The fourth-order valence-electron chi connectivity index (χ4n) is 3.85. The van der Waals surface area contributed by atoms with Crippen molar-refractivity contribution in [3.8, 4) is 5.75 Å². The number of hydrogen-bond donors (Lipinski definition) is 1. The zero-order valence-corrected chi connectivity index (χ0v) is 19.6. The minimum atomic E-state index is -4.82. The molecule has 1 N–H and O–H groups in total. The lowest BCUT2D eigenvalue weighted by molar-refractivity contribution is -0.274. The highest BCUT2D eigenvalue weighted by atomic mass is 35.5. The first-order valence-electron chi connectivity index (χ1n) is 10.8. The van der Waals surface area contributed by atoms with Gasteiger partial charge in [-0.05, 0) is 47.9 Å². The smallest absolute Gasteiger partial charge is 0.447 e. The second-order valence-electron chi connectivity index (χ2n) is 7.79. The first-order valence-corrected chi connectivity index (χ1v) is 11.2. The Morgan fingerprint density at radius 2 is 1.86 bits per heavy atom. The van der Waals surface area contributed by atoms with Crippen LogP contribution in [0.15, 0.2) is 30.3 Å². The number of nitrogens with one attached hydrogen (secondary N) is 1. The van der Waals surface area contributed by atoms with Gasteiger partial charge in [0, 0.05) is 38.4 Å². The standard InChI is InChI=1S/C23H24ClF4N3O4/c1-2-15-9-18(22(33)29-13-34-14-32)20(25)10-16(15)12-30-5-7-31(8-6-30)17-3-4-21(19(24)11-17)35-23(26,27)28/h3-4,9-11,14H,2,5-8,12-13H2,1H3,(H,29,33). The van der Waals surface area contributed by atoms with Gasteiger partial charge >= 0.3 is 6.36 Å². The van der Waals surface area contributed by atoms with E-state index in [2.05, 4.69) is 19.7 Å². The highest BCUT2D eigenvalue weighted by Gasteiger charge is 2.32. The Bertz CT molecular complexity index is 1060. The number of nitrogens with zero attached hydrogens (tertiary/aromatic N) is 2. The first kappa shape index (κ1) is 26.6. The van der Waals surface area contributed by atoms with Gasteiger partial charge in [0.25, 0.3) is 12.4 Å². The van der Waals surface area contributed by atoms with Crippen molar-refractivity contribution in [3.63, 3.8) is 0 Å². The summed E-state index contributed by atoms with van der Waals surface area (Å²) in [6.45, 7) is 4.67. The minimum absolute atomic E-state index is 0.125. The van der Waals surface area contributed by atoms with Crippen molar-refractivity contribution >= 4 is 29.7 Å². The van der Waals surface area contributed by atoms with Gasteiger partial charge in [0.05, 0.1) is 10.6 Å². The molecule has 3 rings (SSSR count). The van der Waals surface area contributed by atoms with Crippen LogP contribution < -0.4 is 15.0 Å². The van der Waals surface area contributed by atoms with Crippen LogP contribution in [0.5, 0.6) is 5.75 Å². The molecule has 12 heteroatoms. The summed E-state index contributed by atoms with van der Waals surface area (Å²) in [5.74, 6) is -1.80. The summed E-state index contributed by atoms with van der Waals surface area (Å²) in [6.07, 6.45) is -4.23. The highest BCUT2D eigenvalue weighted by Crippen LogP contribution is 2.33. The third kappa shape index (κ3) is 7.22. The minimum Gasteiger partial charge on any atom is -0.447 e. The summed E-state index contributed by atoms with van der Waals surface area (Å²) >= 11 is 5.96.